The molecule has 24 heavy (non-hydrogen) atoms. The van der Waals surface area contributed by atoms with E-state index >= 15 is 0 Å². The van der Waals surface area contributed by atoms with Gasteiger partial charge in [0, 0.05) is 6.20 Å². The number of hydrogen-bond donors (Lipinski definition) is 1. The Morgan fingerprint density at radius 3 is 2.67 bits per heavy atom. The van der Waals surface area contributed by atoms with E-state index in [2.05, 4.69) is 9.84 Å². The zero-order valence-electron chi connectivity index (χ0n) is 14.1. The Balaban J connectivity index is 2.04. The number of esters is 2. The van der Waals surface area contributed by atoms with Gasteiger partial charge in [-0.05, 0) is 39.0 Å². The van der Waals surface area contributed by atoms with Gasteiger partial charge in [0.2, 0.25) is 0 Å². The summed E-state index contributed by atoms with van der Waals surface area (Å²) >= 11 is 1.29. The van der Waals surface area contributed by atoms with Crippen molar-refractivity contribution in [2.24, 2.45) is 5.73 Å². The second-order valence-electron chi connectivity index (χ2n) is 6.22. The zero-order chi connectivity index (χ0) is 17.9. The van der Waals surface area contributed by atoms with Crippen LogP contribution in [0.5, 0.6) is 0 Å². The first kappa shape index (κ1) is 18.2. The molecule has 0 aliphatic carbocycles. The molecule has 0 amide bonds. The summed E-state index contributed by atoms with van der Waals surface area (Å²) in [5.74, 6) is -0.846. The van der Waals surface area contributed by atoms with Crippen LogP contribution in [0.2, 0.25) is 0 Å². The molecule has 2 aromatic rings. The zero-order valence-corrected chi connectivity index (χ0v) is 14.9. The highest BCUT2D eigenvalue weighted by Crippen LogP contribution is 2.27. The van der Waals surface area contributed by atoms with E-state index in [-0.39, 0.29) is 12.5 Å². The van der Waals surface area contributed by atoms with Crippen molar-refractivity contribution in [3.63, 3.8) is 0 Å². The molecule has 2 rings (SSSR count). The average molecular weight is 351 g/mol. The molecule has 0 saturated heterocycles. The van der Waals surface area contributed by atoms with E-state index in [0.717, 1.165) is 4.88 Å². The molecule has 1 atom stereocenters. The molecule has 0 bridgehead atoms. The summed E-state index contributed by atoms with van der Waals surface area (Å²) in [6.07, 6.45) is 1.73. The predicted molar refractivity (Wildman–Crippen MR) is 90.7 cm³/mol. The number of thiophene rings is 1. The van der Waals surface area contributed by atoms with Crippen molar-refractivity contribution in [2.75, 3.05) is 7.11 Å². The molecular weight excluding hydrogens is 330 g/mol. The quantitative estimate of drug-likeness (QED) is 0.828. The molecule has 0 aliphatic rings. The van der Waals surface area contributed by atoms with Crippen LogP contribution in [0.3, 0.4) is 0 Å². The minimum Gasteiger partial charge on any atom is -0.465 e. The van der Waals surface area contributed by atoms with Crippen molar-refractivity contribution in [1.29, 1.82) is 0 Å². The van der Waals surface area contributed by atoms with Crippen LogP contribution in [0.1, 0.15) is 30.4 Å². The van der Waals surface area contributed by atoms with E-state index in [1.807, 2.05) is 0 Å². The predicted octanol–water partition coefficient (Wildman–Crippen LogP) is 2.07. The number of aromatic nitrogens is 2. The van der Waals surface area contributed by atoms with Gasteiger partial charge >= 0.3 is 11.9 Å². The Morgan fingerprint density at radius 1 is 1.33 bits per heavy atom. The second-order valence-corrected chi connectivity index (χ2v) is 7.30. The summed E-state index contributed by atoms with van der Waals surface area (Å²) < 4.78 is 11.5. The fourth-order valence-electron chi connectivity index (χ4n) is 1.93. The summed E-state index contributed by atoms with van der Waals surface area (Å²) in [6, 6.07) is 4.49. The van der Waals surface area contributed by atoms with E-state index in [4.69, 9.17) is 10.5 Å². The summed E-state index contributed by atoms with van der Waals surface area (Å²) in [7, 11) is 1.34. The van der Waals surface area contributed by atoms with Crippen LogP contribution < -0.4 is 5.73 Å². The Morgan fingerprint density at radius 2 is 2.04 bits per heavy atom. The van der Waals surface area contributed by atoms with Crippen molar-refractivity contribution in [3.05, 3.63) is 29.3 Å². The molecule has 7 nitrogen and oxygen atoms in total. The SMILES string of the molecule is COC(=O)c1ccc(-c2ccn(CC(N)C(=O)OC(C)(C)C)n2)s1. The summed E-state index contributed by atoms with van der Waals surface area (Å²) in [5, 5.41) is 4.39. The van der Waals surface area contributed by atoms with Gasteiger partial charge in [-0.25, -0.2) is 4.79 Å². The van der Waals surface area contributed by atoms with Crippen LogP contribution in [-0.4, -0.2) is 40.5 Å². The molecule has 0 spiro atoms. The van der Waals surface area contributed by atoms with Gasteiger partial charge in [-0.1, -0.05) is 0 Å². The van der Waals surface area contributed by atoms with Crippen molar-refractivity contribution in [1.82, 2.24) is 9.78 Å². The van der Waals surface area contributed by atoms with Crippen LogP contribution >= 0.6 is 11.3 Å². The van der Waals surface area contributed by atoms with Gasteiger partial charge in [-0.2, -0.15) is 5.10 Å². The highest BCUT2D eigenvalue weighted by Gasteiger charge is 2.23. The van der Waals surface area contributed by atoms with Crippen LogP contribution in [0.25, 0.3) is 10.6 Å². The van der Waals surface area contributed by atoms with Crippen LogP contribution in [-0.2, 0) is 20.8 Å². The van der Waals surface area contributed by atoms with Crippen molar-refractivity contribution < 1.29 is 19.1 Å². The molecule has 130 valence electrons. The maximum absolute atomic E-state index is 11.9. The van der Waals surface area contributed by atoms with Crippen molar-refractivity contribution >= 4 is 23.3 Å². The minimum absolute atomic E-state index is 0.212. The molecule has 0 saturated carbocycles. The summed E-state index contributed by atoms with van der Waals surface area (Å²) in [6.45, 7) is 5.59. The fraction of sp³-hybridized carbons (Fsp3) is 0.438. The van der Waals surface area contributed by atoms with E-state index in [1.165, 1.54) is 18.4 Å². The first-order chi connectivity index (χ1) is 11.2. The number of nitrogens with zero attached hydrogens (tertiary/aromatic N) is 2. The minimum atomic E-state index is -0.800. The van der Waals surface area contributed by atoms with Crippen molar-refractivity contribution in [3.8, 4) is 10.6 Å². The van der Waals surface area contributed by atoms with E-state index in [0.29, 0.717) is 10.6 Å². The molecule has 2 aromatic heterocycles. The topological polar surface area (TPSA) is 96.4 Å². The van der Waals surface area contributed by atoms with Crippen LogP contribution in [0.15, 0.2) is 24.4 Å². The first-order valence-corrected chi connectivity index (χ1v) is 8.21. The number of methoxy groups -OCH3 is 1. The summed E-state index contributed by atoms with van der Waals surface area (Å²) in [5.41, 5.74) is 5.99. The van der Waals surface area contributed by atoms with E-state index < -0.39 is 17.6 Å². The molecule has 0 fully saturated rings. The third kappa shape index (κ3) is 4.65. The number of ether oxygens (including phenoxy) is 2. The van der Waals surface area contributed by atoms with Gasteiger partial charge < -0.3 is 15.2 Å². The largest absolute Gasteiger partial charge is 0.465 e. The Kier molecular flexibility index (Phi) is 5.40. The molecule has 0 aliphatic heterocycles. The average Bonchev–Trinajstić information content (AvgIpc) is 3.13. The molecule has 2 heterocycles. The lowest BCUT2D eigenvalue weighted by molar-refractivity contribution is -0.156. The van der Waals surface area contributed by atoms with Gasteiger partial charge in [0.1, 0.15) is 22.2 Å². The Hall–Kier alpha value is -2.19. The maximum Gasteiger partial charge on any atom is 0.348 e. The van der Waals surface area contributed by atoms with Crippen LogP contribution in [0, 0.1) is 0 Å². The molecule has 1 unspecified atom stereocenters. The number of hydrogen-bond acceptors (Lipinski definition) is 7. The Bertz CT molecular complexity index is 730. The molecule has 2 N–H and O–H groups in total. The van der Waals surface area contributed by atoms with Gasteiger partial charge in [-0.3, -0.25) is 9.48 Å². The number of nitrogens with two attached hydrogens (primary N) is 1. The third-order valence-corrected chi connectivity index (χ3v) is 4.07. The highest BCUT2D eigenvalue weighted by molar-refractivity contribution is 7.17. The third-order valence-electron chi connectivity index (χ3n) is 2.98. The standard InChI is InChI=1S/C16H21N3O4S/c1-16(2,3)23-14(20)10(17)9-19-8-7-11(18-19)12-5-6-13(24-12)15(21)22-4/h5-8,10H,9,17H2,1-4H3. The second kappa shape index (κ2) is 7.14. The number of carbonyl (C=O) groups is 2. The molecule has 8 heteroatoms. The maximum atomic E-state index is 11.9. The number of rotatable bonds is 5. The highest BCUT2D eigenvalue weighted by atomic mass is 32.1. The van der Waals surface area contributed by atoms with Crippen LogP contribution in [0.4, 0.5) is 0 Å². The fourth-order valence-corrected chi connectivity index (χ4v) is 2.82. The van der Waals surface area contributed by atoms with E-state index in [1.54, 1.807) is 49.8 Å². The van der Waals surface area contributed by atoms with Gasteiger partial charge in [-0.15, -0.1) is 11.3 Å². The first-order valence-electron chi connectivity index (χ1n) is 7.40. The monoisotopic (exact) mass is 351 g/mol. The van der Waals surface area contributed by atoms with E-state index in [9.17, 15) is 9.59 Å². The smallest absolute Gasteiger partial charge is 0.348 e. The summed E-state index contributed by atoms with van der Waals surface area (Å²) in [4.78, 5) is 24.7. The number of carbonyl (C=O) groups excluding carboxylic acids is 2. The molecule has 0 aromatic carbocycles. The Labute approximate surface area is 144 Å². The molecular formula is C16H21N3O4S. The lowest BCUT2D eigenvalue weighted by Gasteiger charge is -2.22. The van der Waals surface area contributed by atoms with Gasteiger partial charge in [0.25, 0.3) is 0 Å². The van der Waals surface area contributed by atoms with Crippen molar-refractivity contribution in [2.45, 2.75) is 39.0 Å². The lowest BCUT2D eigenvalue weighted by atomic mass is 10.2. The molecule has 0 radical (unpaired) electrons. The normalized spacial score (nSPS) is 12.7. The lowest BCUT2D eigenvalue weighted by Crippen LogP contribution is -2.40. The van der Waals surface area contributed by atoms with Gasteiger partial charge in [0.15, 0.2) is 0 Å². The van der Waals surface area contributed by atoms with Gasteiger partial charge in [0.05, 0.1) is 18.5 Å².